The van der Waals surface area contributed by atoms with E-state index in [1.165, 1.54) is 36.4 Å². The first-order valence-electron chi connectivity index (χ1n) is 13.3. The average molecular weight is 753 g/mol. The predicted molar refractivity (Wildman–Crippen MR) is 170 cm³/mol. The number of nitro groups is 2. The summed E-state index contributed by atoms with van der Waals surface area (Å²) >= 11 is 0. The van der Waals surface area contributed by atoms with E-state index < -0.39 is 84.8 Å². The zero-order chi connectivity index (χ0) is 35.7. The van der Waals surface area contributed by atoms with E-state index in [0.717, 1.165) is 18.2 Å². The van der Waals surface area contributed by atoms with Crippen LogP contribution < -0.4 is 70.2 Å². The first-order chi connectivity index (χ1) is 23.0. The molecule has 0 fully saturated rings. The summed E-state index contributed by atoms with van der Waals surface area (Å²) in [5.41, 5.74) is 3.42. The number of azo groups is 2. The van der Waals surface area contributed by atoms with Crippen LogP contribution in [0.4, 0.5) is 51.2 Å². The van der Waals surface area contributed by atoms with E-state index in [2.05, 4.69) is 25.8 Å². The van der Waals surface area contributed by atoms with E-state index in [1.807, 2.05) is 0 Å². The Kier molecular flexibility index (Phi) is 13.1. The minimum atomic E-state index is -5.37. The Bertz CT molecular complexity index is 2450. The van der Waals surface area contributed by atoms with Gasteiger partial charge in [0.05, 0.1) is 48.2 Å². The van der Waals surface area contributed by atoms with Gasteiger partial charge in [0, 0.05) is 11.8 Å². The summed E-state index contributed by atoms with van der Waals surface area (Å²) in [5.74, 6) is -0.980. The van der Waals surface area contributed by atoms with Crippen LogP contribution in [0.25, 0.3) is 10.8 Å². The summed E-state index contributed by atoms with van der Waals surface area (Å²) in [4.78, 5) is 18.7. The Balaban J connectivity index is 0.00000351. The van der Waals surface area contributed by atoms with Crippen LogP contribution in [-0.4, -0.2) is 40.9 Å². The Hall–Kier alpha value is -4.42. The smallest absolute Gasteiger partial charge is 0.744 e. The maximum absolute atomic E-state index is 12.2. The van der Waals surface area contributed by atoms with Crippen LogP contribution in [0.2, 0.25) is 0 Å². The summed E-state index contributed by atoms with van der Waals surface area (Å²) in [5, 5.41) is 50.7. The third-order valence-corrected chi connectivity index (χ3v) is 8.37. The molecule has 0 aromatic heterocycles. The Labute approximate surface area is 331 Å². The Morgan fingerprint density at radius 3 is 1.75 bits per heavy atom. The van der Waals surface area contributed by atoms with Crippen LogP contribution in [0, 0.1) is 20.2 Å². The van der Waals surface area contributed by atoms with Gasteiger partial charge in [-0.15, -0.1) is 10.2 Å². The van der Waals surface area contributed by atoms with Crippen molar-refractivity contribution in [3.63, 3.8) is 0 Å². The third kappa shape index (κ3) is 9.28. The molecule has 0 aliphatic rings. The molecule has 4 N–H and O–H groups in total. The van der Waals surface area contributed by atoms with Gasteiger partial charge in [0.1, 0.15) is 37.3 Å². The minimum Gasteiger partial charge on any atom is -0.744 e. The fraction of sp³-hybridized carbons (Fsp3) is 0. The molecule has 0 aliphatic heterocycles. The number of phenols is 1. The summed E-state index contributed by atoms with van der Waals surface area (Å²) in [6, 6.07) is 17.6. The SMILES string of the molecule is Nc1c(N=Nc2ccc(Nc3ccc([N+](=O)[O-])cc3[N+](=O)[O-])cc2)c(S(=O)(=O)[O-])cc2cc(S(=O)(=O)[O-])c(N=Nc3ccccc3)c(O)c12.[Na+].[Na+]. The maximum atomic E-state index is 12.2. The number of anilines is 3. The van der Waals surface area contributed by atoms with Crippen molar-refractivity contribution in [1.29, 1.82) is 0 Å². The van der Waals surface area contributed by atoms with E-state index >= 15 is 0 Å². The Morgan fingerprint density at radius 1 is 0.686 bits per heavy atom. The molecule has 23 heteroatoms. The van der Waals surface area contributed by atoms with Gasteiger partial charge in [-0.2, -0.15) is 10.2 Å². The molecule has 250 valence electrons. The van der Waals surface area contributed by atoms with E-state index in [9.17, 15) is 51.3 Å². The van der Waals surface area contributed by atoms with Crippen LogP contribution in [-0.2, 0) is 20.2 Å². The molecule has 0 bridgehead atoms. The summed E-state index contributed by atoms with van der Waals surface area (Å²) in [6.07, 6.45) is 0. The molecule has 0 spiro atoms. The number of hydrogen-bond acceptors (Lipinski definition) is 17. The number of non-ortho nitro benzene ring substituents is 1. The fourth-order valence-electron chi connectivity index (χ4n) is 4.46. The number of nitrogens with one attached hydrogen (secondary N) is 1. The van der Waals surface area contributed by atoms with Gasteiger partial charge < -0.3 is 25.3 Å². The largest absolute Gasteiger partial charge is 1.00 e. The second kappa shape index (κ2) is 16.3. The molecular formula is C28H18N8Na2O11S2. The molecule has 5 rings (SSSR count). The van der Waals surface area contributed by atoms with E-state index in [-0.39, 0.29) is 81.9 Å². The first-order valence-corrected chi connectivity index (χ1v) is 16.1. The number of nitro benzene ring substituents is 2. The van der Waals surface area contributed by atoms with E-state index in [0.29, 0.717) is 12.1 Å². The Morgan fingerprint density at radius 2 is 1.22 bits per heavy atom. The van der Waals surface area contributed by atoms with Crippen molar-refractivity contribution >= 4 is 82.2 Å². The van der Waals surface area contributed by atoms with Crippen molar-refractivity contribution in [3.8, 4) is 5.75 Å². The van der Waals surface area contributed by atoms with Gasteiger partial charge in [0.25, 0.3) is 11.4 Å². The number of rotatable bonds is 10. The van der Waals surface area contributed by atoms with Crippen molar-refractivity contribution in [1.82, 2.24) is 0 Å². The van der Waals surface area contributed by atoms with E-state index in [1.54, 1.807) is 18.2 Å². The van der Waals surface area contributed by atoms with Gasteiger partial charge in [-0.1, -0.05) is 18.2 Å². The summed E-state index contributed by atoms with van der Waals surface area (Å²) < 4.78 is 72.9. The van der Waals surface area contributed by atoms with Crippen LogP contribution in [0.15, 0.2) is 115 Å². The number of fused-ring (bicyclic) bond motifs is 1. The molecule has 0 aliphatic carbocycles. The van der Waals surface area contributed by atoms with E-state index in [4.69, 9.17) is 5.73 Å². The van der Waals surface area contributed by atoms with Gasteiger partial charge in [-0.3, -0.25) is 20.2 Å². The normalized spacial score (nSPS) is 11.6. The molecule has 0 heterocycles. The van der Waals surface area contributed by atoms with Crippen LogP contribution >= 0.6 is 0 Å². The zero-order valence-electron chi connectivity index (χ0n) is 26.2. The predicted octanol–water partition coefficient (Wildman–Crippen LogP) is 0.335. The van der Waals surface area contributed by atoms with Gasteiger partial charge in [0.2, 0.25) is 0 Å². The number of nitrogens with zero attached hydrogens (tertiary/aromatic N) is 6. The molecule has 51 heavy (non-hydrogen) atoms. The van der Waals surface area contributed by atoms with Crippen LogP contribution in [0.5, 0.6) is 5.75 Å². The second-order valence-corrected chi connectivity index (χ2v) is 12.5. The van der Waals surface area contributed by atoms with Crippen LogP contribution in [0.1, 0.15) is 0 Å². The molecule has 5 aromatic carbocycles. The molecule has 0 amide bonds. The quantitative estimate of drug-likeness (QED) is 0.0433. The number of nitrogens with two attached hydrogens (primary N) is 1. The molecule has 0 unspecified atom stereocenters. The molecule has 0 saturated carbocycles. The average Bonchev–Trinajstić information content (AvgIpc) is 3.03. The van der Waals surface area contributed by atoms with Crippen molar-refractivity contribution in [3.05, 3.63) is 105 Å². The standard InChI is InChI=1S/C28H20N8O11S2.2Na/c29-25-24-15(13-23(49(45,46)47)27(28(24)37)34-31-17-4-2-1-3-5-17)12-22(48(42,43)44)26(25)33-32-18-8-6-16(7-9-18)30-20-11-10-19(35(38)39)14-21(20)36(40)41;;/h1-14,30,37H,29H2,(H,42,43,44)(H,45,46,47);;/q;2*+1/p-2. The van der Waals surface area contributed by atoms with Gasteiger partial charge in [0.15, 0.2) is 5.75 Å². The summed E-state index contributed by atoms with van der Waals surface area (Å²) in [6.45, 7) is 0. The molecular weight excluding hydrogens is 734 g/mol. The monoisotopic (exact) mass is 752 g/mol. The van der Waals surface area contributed by atoms with Gasteiger partial charge in [-0.25, -0.2) is 16.8 Å². The first kappa shape index (κ1) is 41.0. The topological polar surface area (TPSA) is 308 Å². The number of phenolic OH excluding ortho intramolecular Hbond substituents is 1. The van der Waals surface area contributed by atoms with Crippen molar-refractivity contribution in [2.75, 3.05) is 11.1 Å². The van der Waals surface area contributed by atoms with Gasteiger partial charge >= 0.3 is 59.1 Å². The molecule has 0 radical (unpaired) electrons. The number of nitrogen functional groups attached to an aromatic ring is 1. The number of hydrogen-bond donors (Lipinski definition) is 3. The number of aromatic hydroxyl groups is 1. The second-order valence-electron chi connectivity index (χ2n) is 9.84. The van der Waals surface area contributed by atoms with Crippen molar-refractivity contribution < 1.29 is 100 Å². The molecule has 19 nitrogen and oxygen atoms in total. The molecule has 0 atom stereocenters. The fourth-order valence-corrected chi connectivity index (χ4v) is 5.76. The number of benzene rings is 5. The molecule has 0 saturated heterocycles. The van der Waals surface area contributed by atoms with Gasteiger partial charge in [-0.05, 0) is 60.0 Å². The summed E-state index contributed by atoms with van der Waals surface area (Å²) in [7, 11) is -10.7. The zero-order valence-corrected chi connectivity index (χ0v) is 31.8. The van der Waals surface area contributed by atoms with Crippen LogP contribution in [0.3, 0.4) is 0 Å². The van der Waals surface area contributed by atoms with Crippen molar-refractivity contribution in [2.45, 2.75) is 9.79 Å². The van der Waals surface area contributed by atoms with Crippen molar-refractivity contribution in [2.24, 2.45) is 20.5 Å². The minimum absolute atomic E-state index is 0. The third-order valence-electron chi connectivity index (χ3n) is 6.68. The molecule has 5 aromatic rings. The maximum Gasteiger partial charge on any atom is 1.00 e.